The molecule has 0 radical (unpaired) electrons. The molecule has 3 N–H and O–H groups in total. The monoisotopic (exact) mass is 310 g/mol. The van der Waals surface area contributed by atoms with Crippen molar-refractivity contribution in [3.05, 3.63) is 51.9 Å². The number of nitrogens with one attached hydrogen (secondary N) is 1. The van der Waals surface area contributed by atoms with Crippen molar-refractivity contribution in [3.8, 4) is 0 Å². The fourth-order valence-electron chi connectivity index (χ4n) is 1.74. The summed E-state index contributed by atoms with van der Waals surface area (Å²) in [6, 6.07) is 4.88. The molecule has 21 heavy (non-hydrogen) atoms. The molecule has 0 aliphatic heterocycles. The molecule has 1 heterocycles. The van der Waals surface area contributed by atoms with E-state index < -0.39 is 29.0 Å². The molecule has 0 saturated heterocycles. The zero-order chi connectivity index (χ0) is 15.6. The number of aryl methyl sites for hydroxylation is 1. The molecule has 0 saturated carbocycles. The van der Waals surface area contributed by atoms with Gasteiger partial charge in [-0.25, -0.2) is 8.78 Å². The van der Waals surface area contributed by atoms with Gasteiger partial charge in [-0.2, -0.15) is 0 Å². The average Bonchev–Trinajstić information content (AvgIpc) is 2.85. The van der Waals surface area contributed by atoms with Gasteiger partial charge in [-0.3, -0.25) is 9.59 Å². The van der Waals surface area contributed by atoms with Crippen LogP contribution in [0.5, 0.6) is 0 Å². The molecule has 2 aromatic rings. The molecular formula is C14H12F2N2O2S. The second-order valence-electron chi connectivity index (χ2n) is 4.23. The Bertz CT molecular complexity index is 713. The van der Waals surface area contributed by atoms with Gasteiger partial charge >= 0.3 is 0 Å². The first-order valence-corrected chi connectivity index (χ1v) is 6.93. The highest BCUT2D eigenvalue weighted by atomic mass is 32.1. The summed E-state index contributed by atoms with van der Waals surface area (Å²) in [7, 11) is 0. The molecule has 1 aromatic carbocycles. The Balaban J connectivity index is 2.33. The SMILES string of the molecule is CCc1cc(C(N)=O)c(NC(=O)c2cccc(F)c2F)s1. The summed E-state index contributed by atoms with van der Waals surface area (Å²) >= 11 is 1.17. The minimum absolute atomic E-state index is 0.155. The zero-order valence-electron chi connectivity index (χ0n) is 11.1. The topological polar surface area (TPSA) is 72.2 Å². The van der Waals surface area contributed by atoms with Crippen LogP contribution in [-0.4, -0.2) is 11.8 Å². The van der Waals surface area contributed by atoms with Crippen LogP contribution in [0, 0.1) is 11.6 Å². The van der Waals surface area contributed by atoms with Crippen LogP contribution < -0.4 is 11.1 Å². The fourth-order valence-corrected chi connectivity index (χ4v) is 2.74. The molecule has 0 atom stereocenters. The number of nitrogens with two attached hydrogens (primary N) is 1. The van der Waals surface area contributed by atoms with Crippen LogP contribution >= 0.6 is 11.3 Å². The number of primary amides is 1. The Labute approximate surface area is 123 Å². The molecule has 7 heteroatoms. The van der Waals surface area contributed by atoms with Gasteiger partial charge in [0.1, 0.15) is 5.00 Å². The lowest BCUT2D eigenvalue weighted by molar-refractivity contribution is 0.100. The summed E-state index contributed by atoms with van der Waals surface area (Å²) in [5.74, 6) is -3.87. The summed E-state index contributed by atoms with van der Waals surface area (Å²) in [5, 5.41) is 2.63. The van der Waals surface area contributed by atoms with Gasteiger partial charge in [0.25, 0.3) is 11.8 Å². The van der Waals surface area contributed by atoms with Gasteiger partial charge in [0.15, 0.2) is 11.6 Å². The number of carbonyl (C=O) groups excluding carboxylic acids is 2. The number of rotatable bonds is 4. The molecule has 110 valence electrons. The predicted molar refractivity (Wildman–Crippen MR) is 76.5 cm³/mol. The highest BCUT2D eigenvalue weighted by Gasteiger charge is 2.19. The second-order valence-corrected chi connectivity index (χ2v) is 5.37. The number of benzene rings is 1. The number of anilines is 1. The van der Waals surface area contributed by atoms with Crippen molar-refractivity contribution >= 4 is 28.2 Å². The van der Waals surface area contributed by atoms with Gasteiger partial charge in [0.05, 0.1) is 11.1 Å². The summed E-state index contributed by atoms with van der Waals surface area (Å²) in [6.07, 6.45) is 0.662. The largest absolute Gasteiger partial charge is 0.366 e. The molecule has 0 bridgehead atoms. The molecule has 0 unspecified atom stereocenters. The zero-order valence-corrected chi connectivity index (χ0v) is 11.9. The maximum Gasteiger partial charge on any atom is 0.259 e. The van der Waals surface area contributed by atoms with E-state index >= 15 is 0 Å². The lowest BCUT2D eigenvalue weighted by atomic mass is 10.2. The number of amides is 2. The molecule has 0 fully saturated rings. The van der Waals surface area contributed by atoms with Crippen LogP contribution in [0.1, 0.15) is 32.5 Å². The normalized spacial score (nSPS) is 10.4. The minimum atomic E-state index is -1.23. The number of hydrogen-bond acceptors (Lipinski definition) is 3. The van der Waals surface area contributed by atoms with Crippen molar-refractivity contribution in [2.24, 2.45) is 5.73 Å². The highest BCUT2D eigenvalue weighted by Crippen LogP contribution is 2.29. The smallest absolute Gasteiger partial charge is 0.259 e. The molecule has 2 amide bonds. The van der Waals surface area contributed by atoms with E-state index in [2.05, 4.69) is 5.32 Å². The maximum absolute atomic E-state index is 13.6. The quantitative estimate of drug-likeness (QED) is 0.911. The fraction of sp³-hybridized carbons (Fsp3) is 0.143. The Morgan fingerprint density at radius 3 is 2.62 bits per heavy atom. The van der Waals surface area contributed by atoms with Crippen LogP contribution in [0.4, 0.5) is 13.8 Å². The summed E-state index contributed by atoms with van der Waals surface area (Å²) in [6.45, 7) is 1.88. The van der Waals surface area contributed by atoms with Crippen molar-refractivity contribution < 1.29 is 18.4 Å². The van der Waals surface area contributed by atoms with Gasteiger partial charge in [-0.1, -0.05) is 13.0 Å². The lowest BCUT2D eigenvalue weighted by Gasteiger charge is -2.06. The van der Waals surface area contributed by atoms with Crippen LogP contribution in [0.25, 0.3) is 0 Å². The Morgan fingerprint density at radius 1 is 1.29 bits per heavy atom. The number of hydrogen-bond donors (Lipinski definition) is 2. The van der Waals surface area contributed by atoms with Crippen molar-refractivity contribution in [3.63, 3.8) is 0 Å². The van der Waals surface area contributed by atoms with E-state index in [-0.39, 0.29) is 10.6 Å². The Morgan fingerprint density at radius 2 is 2.00 bits per heavy atom. The average molecular weight is 310 g/mol. The summed E-state index contributed by atoms with van der Waals surface area (Å²) in [5.41, 5.74) is 4.95. The standard InChI is InChI=1S/C14H12F2N2O2S/c1-2-7-6-9(12(17)19)14(21-7)18-13(20)8-4-3-5-10(15)11(8)16/h3-6H,2H2,1H3,(H2,17,19)(H,18,20). The third-order valence-corrected chi connectivity index (χ3v) is 4.02. The van der Waals surface area contributed by atoms with Gasteiger partial charge < -0.3 is 11.1 Å². The Hall–Kier alpha value is -2.28. The Kier molecular flexibility index (Phi) is 4.32. The number of carbonyl (C=O) groups is 2. The molecule has 4 nitrogen and oxygen atoms in total. The molecular weight excluding hydrogens is 298 g/mol. The van der Waals surface area contributed by atoms with Gasteiger partial charge in [-0.15, -0.1) is 11.3 Å². The van der Waals surface area contributed by atoms with Gasteiger partial charge in [0.2, 0.25) is 0 Å². The third kappa shape index (κ3) is 3.08. The first-order valence-electron chi connectivity index (χ1n) is 6.12. The van der Waals surface area contributed by atoms with Crippen LogP contribution in [0.3, 0.4) is 0 Å². The third-order valence-electron chi connectivity index (χ3n) is 2.82. The van der Waals surface area contributed by atoms with Crippen LogP contribution in [0.2, 0.25) is 0 Å². The second kappa shape index (κ2) is 6.01. The van der Waals surface area contributed by atoms with Crippen molar-refractivity contribution in [2.75, 3.05) is 5.32 Å². The first kappa shape index (κ1) is 15.1. The van der Waals surface area contributed by atoms with Gasteiger partial charge in [0, 0.05) is 4.88 Å². The van der Waals surface area contributed by atoms with Crippen molar-refractivity contribution in [1.29, 1.82) is 0 Å². The van der Waals surface area contributed by atoms with E-state index in [1.807, 2.05) is 6.92 Å². The van der Waals surface area contributed by atoms with E-state index in [0.29, 0.717) is 6.42 Å². The van der Waals surface area contributed by atoms with Crippen LogP contribution in [0.15, 0.2) is 24.3 Å². The molecule has 1 aromatic heterocycles. The lowest BCUT2D eigenvalue weighted by Crippen LogP contribution is -2.17. The number of thiophene rings is 1. The van der Waals surface area contributed by atoms with Crippen molar-refractivity contribution in [2.45, 2.75) is 13.3 Å². The molecule has 0 aliphatic rings. The van der Waals surface area contributed by atoms with E-state index in [4.69, 9.17) is 5.73 Å². The predicted octanol–water partition coefficient (Wildman–Crippen LogP) is 2.94. The number of halogens is 2. The van der Waals surface area contributed by atoms with E-state index in [9.17, 15) is 18.4 Å². The molecule has 2 rings (SSSR count). The highest BCUT2D eigenvalue weighted by molar-refractivity contribution is 7.16. The minimum Gasteiger partial charge on any atom is -0.366 e. The first-order chi connectivity index (χ1) is 9.93. The molecule has 0 aliphatic carbocycles. The van der Waals surface area contributed by atoms with Gasteiger partial charge in [-0.05, 0) is 24.6 Å². The molecule has 0 spiro atoms. The summed E-state index contributed by atoms with van der Waals surface area (Å²) < 4.78 is 26.7. The van der Waals surface area contributed by atoms with E-state index in [1.54, 1.807) is 6.07 Å². The summed E-state index contributed by atoms with van der Waals surface area (Å²) in [4.78, 5) is 24.2. The van der Waals surface area contributed by atoms with Crippen molar-refractivity contribution in [1.82, 2.24) is 0 Å². The maximum atomic E-state index is 13.6. The van der Waals surface area contributed by atoms with Crippen LogP contribution in [-0.2, 0) is 6.42 Å². The van der Waals surface area contributed by atoms with E-state index in [1.165, 1.54) is 17.4 Å². The van der Waals surface area contributed by atoms with E-state index in [0.717, 1.165) is 17.0 Å².